The molecule has 3 aromatic rings. The van der Waals surface area contributed by atoms with Crippen molar-refractivity contribution in [3.05, 3.63) is 89.5 Å². The van der Waals surface area contributed by atoms with Crippen LogP contribution in [0.4, 0.5) is 5.69 Å². The van der Waals surface area contributed by atoms with Crippen LogP contribution in [-0.2, 0) is 9.84 Å². The van der Waals surface area contributed by atoms with Crippen molar-refractivity contribution in [2.45, 2.75) is 36.5 Å². The third-order valence-corrected chi connectivity index (χ3v) is 8.34. The van der Waals surface area contributed by atoms with Gasteiger partial charge in [0.15, 0.2) is 9.84 Å². The highest BCUT2D eigenvalue weighted by molar-refractivity contribution is 7.90. The Bertz CT molecular complexity index is 1410. The van der Waals surface area contributed by atoms with E-state index in [9.17, 15) is 18.0 Å². The van der Waals surface area contributed by atoms with Gasteiger partial charge in [-0.2, -0.15) is 0 Å². The summed E-state index contributed by atoms with van der Waals surface area (Å²) in [6.07, 6.45) is 5.36. The molecule has 7 nitrogen and oxygen atoms in total. The average molecular weight is 533 g/mol. The van der Waals surface area contributed by atoms with Gasteiger partial charge in [0.25, 0.3) is 11.8 Å². The van der Waals surface area contributed by atoms with E-state index >= 15 is 0 Å². The molecule has 2 amide bonds. The molecule has 2 aliphatic rings. The van der Waals surface area contributed by atoms with Crippen LogP contribution in [0, 0.1) is 5.92 Å². The summed E-state index contributed by atoms with van der Waals surface area (Å²) in [7, 11) is -3.39. The van der Waals surface area contributed by atoms with E-state index in [-0.39, 0.29) is 22.3 Å². The SMILES string of the molecule is CS(=O)(=O)c1cccc(C(=O)Nc2ccc(C3CCN(C(=O)c4ccc(OCC5CC5)cc4)CC3)cc2)c1. The molecular formula is C30H32N2O5S. The minimum atomic E-state index is -3.39. The third-order valence-electron chi connectivity index (χ3n) is 7.23. The Labute approximate surface area is 223 Å². The van der Waals surface area contributed by atoms with Crippen molar-refractivity contribution < 1.29 is 22.7 Å². The van der Waals surface area contributed by atoms with Crippen molar-refractivity contribution in [3.63, 3.8) is 0 Å². The number of carbonyl (C=O) groups excluding carboxylic acids is 2. The lowest BCUT2D eigenvalue weighted by molar-refractivity contribution is 0.0713. The molecule has 1 aliphatic heterocycles. The highest BCUT2D eigenvalue weighted by Crippen LogP contribution is 2.31. The summed E-state index contributed by atoms with van der Waals surface area (Å²) < 4.78 is 29.3. The second-order valence-corrected chi connectivity index (χ2v) is 12.2. The van der Waals surface area contributed by atoms with Crippen molar-refractivity contribution in [1.82, 2.24) is 4.90 Å². The Morgan fingerprint density at radius 1 is 0.895 bits per heavy atom. The standard InChI is InChI=1S/C30H32N2O5S/c1-38(35,36)28-4-2-3-25(19-28)29(33)31-26-11-7-22(8-12-26)23-15-17-32(18-16-23)30(34)24-9-13-27(14-10-24)37-20-21-5-6-21/h2-4,7-14,19,21,23H,5-6,15-18,20H2,1H3,(H,31,33). The van der Waals surface area contributed by atoms with Gasteiger partial charge in [-0.05, 0) is 97.7 Å². The smallest absolute Gasteiger partial charge is 0.255 e. The number of hydrogen-bond acceptors (Lipinski definition) is 5. The molecule has 1 N–H and O–H groups in total. The largest absolute Gasteiger partial charge is 0.493 e. The maximum Gasteiger partial charge on any atom is 0.255 e. The number of rotatable bonds is 8. The summed E-state index contributed by atoms with van der Waals surface area (Å²) in [5, 5.41) is 2.83. The van der Waals surface area contributed by atoms with Gasteiger partial charge in [-0.3, -0.25) is 9.59 Å². The second kappa shape index (κ2) is 11.0. The second-order valence-electron chi connectivity index (χ2n) is 10.2. The number of benzene rings is 3. The zero-order chi connectivity index (χ0) is 26.7. The van der Waals surface area contributed by atoms with Crippen LogP contribution in [0.1, 0.15) is 57.9 Å². The first-order valence-corrected chi connectivity index (χ1v) is 14.9. The Hall–Kier alpha value is -3.65. The van der Waals surface area contributed by atoms with E-state index in [1.807, 2.05) is 53.4 Å². The van der Waals surface area contributed by atoms with Crippen molar-refractivity contribution >= 4 is 27.3 Å². The van der Waals surface area contributed by atoms with Gasteiger partial charge in [0.05, 0.1) is 11.5 Å². The lowest BCUT2D eigenvalue weighted by Gasteiger charge is -2.32. The summed E-state index contributed by atoms with van der Waals surface area (Å²) in [5.41, 5.74) is 2.78. The van der Waals surface area contributed by atoms with E-state index in [1.165, 1.54) is 30.5 Å². The van der Waals surface area contributed by atoms with E-state index in [0.29, 0.717) is 36.2 Å². The molecule has 0 atom stereocenters. The third kappa shape index (κ3) is 6.42. The normalized spacial score (nSPS) is 16.2. The maximum absolute atomic E-state index is 13.0. The number of piperidine rings is 1. The fourth-order valence-corrected chi connectivity index (χ4v) is 5.37. The molecule has 0 bridgehead atoms. The number of carbonyl (C=O) groups is 2. The molecule has 0 spiro atoms. The number of sulfone groups is 1. The molecule has 1 aliphatic carbocycles. The fraction of sp³-hybridized carbons (Fsp3) is 0.333. The Kier molecular flexibility index (Phi) is 7.51. The zero-order valence-corrected chi connectivity index (χ0v) is 22.2. The molecule has 1 saturated carbocycles. The molecule has 38 heavy (non-hydrogen) atoms. The van der Waals surface area contributed by atoms with E-state index in [1.54, 1.807) is 12.1 Å². The quantitative estimate of drug-likeness (QED) is 0.433. The Balaban J connectivity index is 1.13. The van der Waals surface area contributed by atoms with E-state index in [0.717, 1.165) is 31.5 Å². The molecule has 1 heterocycles. The molecule has 0 unspecified atom stereocenters. The van der Waals surface area contributed by atoms with Crippen molar-refractivity contribution in [2.75, 3.05) is 31.3 Å². The van der Waals surface area contributed by atoms with Gasteiger partial charge >= 0.3 is 0 Å². The topological polar surface area (TPSA) is 92.8 Å². The maximum atomic E-state index is 13.0. The van der Waals surface area contributed by atoms with Gasteiger partial charge in [-0.1, -0.05) is 18.2 Å². The molecule has 0 radical (unpaired) electrons. The van der Waals surface area contributed by atoms with Gasteiger partial charge < -0.3 is 15.0 Å². The molecular weight excluding hydrogens is 500 g/mol. The average Bonchev–Trinajstić information content (AvgIpc) is 3.77. The van der Waals surface area contributed by atoms with E-state index in [4.69, 9.17) is 4.74 Å². The molecule has 8 heteroatoms. The van der Waals surface area contributed by atoms with Crippen LogP contribution in [0.5, 0.6) is 5.75 Å². The number of hydrogen-bond donors (Lipinski definition) is 1. The zero-order valence-electron chi connectivity index (χ0n) is 21.4. The number of nitrogens with zero attached hydrogens (tertiary/aromatic N) is 1. The van der Waals surface area contributed by atoms with E-state index < -0.39 is 9.84 Å². The Morgan fingerprint density at radius 2 is 1.58 bits per heavy atom. The van der Waals surface area contributed by atoms with Gasteiger partial charge in [0, 0.05) is 36.2 Å². The van der Waals surface area contributed by atoms with Crippen molar-refractivity contribution in [3.8, 4) is 5.75 Å². The summed E-state index contributed by atoms with van der Waals surface area (Å²) in [5.74, 6) is 1.54. The number of likely N-dealkylation sites (tertiary alicyclic amines) is 1. The minimum Gasteiger partial charge on any atom is -0.493 e. The molecule has 5 rings (SSSR count). The number of amides is 2. The van der Waals surface area contributed by atoms with Crippen LogP contribution < -0.4 is 10.1 Å². The predicted molar refractivity (Wildman–Crippen MR) is 146 cm³/mol. The molecule has 1 saturated heterocycles. The van der Waals surface area contributed by atoms with Gasteiger partial charge in [0.2, 0.25) is 0 Å². The molecule has 0 aromatic heterocycles. The first-order chi connectivity index (χ1) is 18.3. The summed E-state index contributed by atoms with van der Waals surface area (Å²) in [6, 6.07) is 21.2. The van der Waals surface area contributed by atoms with Crippen LogP contribution in [-0.4, -0.2) is 51.1 Å². The highest BCUT2D eigenvalue weighted by atomic mass is 32.2. The minimum absolute atomic E-state index is 0.0511. The first kappa shape index (κ1) is 26.0. The number of anilines is 1. The molecule has 198 valence electrons. The molecule has 3 aromatic carbocycles. The van der Waals surface area contributed by atoms with Crippen molar-refractivity contribution in [1.29, 1.82) is 0 Å². The van der Waals surface area contributed by atoms with Gasteiger partial charge in [-0.15, -0.1) is 0 Å². The number of ether oxygens (including phenoxy) is 1. The van der Waals surface area contributed by atoms with E-state index in [2.05, 4.69) is 5.32 Å². The predicted octanol–water partition coefficient (Wildman–Crippen LogP) is 5.15. The van der Waals surface area contributed by atoms with Gasteiger partial charge in [0.1, 0.15) is 5.75 Å². The van der Waals surface area contributed by atoms with Crippen LogP contribution in [0.2, 0.25) is 0 Å². The summed E-state index contributed by atoms with van der Waals surface area (Å²) in [6.45, 7) is 2.14. The van der Waals surface area contributed by atoms with Crippen LogP contribution in [0.15, 0.2) is 77.7 Å². The van der Waals surface area contributed by atoms with Crippen molar-refractivity contribution in [2.24, 2.45) is 5.92 Å². The summed E-state index contributed by atoms with van der Waals surface area (Å²) in [4.78, 5) is 27.6. The van der Waals surface area contributed by atoms with Gasteiger partial charge in [-0.25, -0.2) is 8.42 Å². The summed E-state index contributed by atoms with van der Waals surface area (Å²) >= 11 is 0. The fourth-order valence-electron chi connectivity index (χ4n) is 4.70. The van der Waals surface area contributed by atoms with Crippen LogP contribution >= 0.6 is 0 Å². The van der Waals surface area contributed by atoms with Crippen LogP contribution in [0.3, 0.4) is 0 Å². The number of nitrogens with one attached hydrogen (secondary N) is 1. The molecule has 2 fully saturated rings. The Morgan fingerprint density at radius 3 is 2.21 bits per heavy atom. The highest BCUT2D eigenvalue weighted by Gasteiger charge is 2.25. The van der Waals surface area contributed by atoms with Crippen LogP contribution in [0.25, 0.3) is 0 Å². The lowest BCUT2D eigenvalue weighted by Crippen LogP contribution is -2.37. The lowest BCUT2D eigenvalue weighted by atomic mass is 9.89. The monoisotopic (exact) mass is 532 g/mol. The first-order valence-electron chi connectivity index (χ1n) is 13.0.